The molecule has 0 bridgehead atoms. The molecule has 0 radical (unpaired) electrons. The molecule has 14 nitrogen and oxygen atoms in total. The Bertz CT molecular complexity index is 1010. The summed E-state index contributed by atoms with van der Waals surface area (Å²) in [6, 6.07) is 4.49. The molecular formula is C18H19N5O9. The second-order valence-electron chi connectivity index (χ2n) is 7.25. The van der Waals surface area contributed by atoms with E-state index in [4.69, 9.17) is 33.5 Å². The highest BCUT2D eigenvalue weighted by Gasteiger charge is 2.50. The van der Waals surface area contributed by atoms with Crippen molar-refractivity contribution < 1.29 is 43.1 Å². The van der Waals surface area contributed by atoms with Gasteiger partial charge in [0.05, 0.1) is 19.3 Å². The van der Waals surface area contributed by atoms with Gasteiger partial charge in [-0.1, -0.05) is 5.10 Å². The lowest BCUT2D eigenvalue weighted by Gasteiger charge is -2.18. The second kappa shape index (κ2) is 8.57. The molecule has 4 heterocycles. The fraction of sp³-hybridized carbons (Fsp3) is 0.500. The van der Waals surface area contributed by atoms with Gasteiger partial charge in [0.1, 0.15) is 37.2 Å². The van der Waals surface area contributed by atoms with Crippen LogP contribution in [0.5, 0.6) is 23.3 Å². The van der Waals surface area contributed by atoms with E-state index in [1.165, 1.54) is 4.68 Å². The molecule has 3 aliphatic heterocycles. The van der Waals surface area contributed by atoms with Gasteiger partial charge in [-0.2, -0.15) is 4.68 Å². The van der Waals surface area contributed by atoms with Crippen LogP contribution in [0.1, 0.15) is 6.04 Å². The average Bonchev–Trinajstić information content (AvgIpc) is 3.53. The zero-order valence-electron chi connectivity index (χ0n) is 16.6. The number of carboxylic acids is 1. The summed E-state index contributed by atoms with van der Waals surface area (Å²) in [4.78, 5) is 22.5. The predicted octanol–water partition coefficient (Wildman–Crippen LogP) is -0.881. The second-order valence-corrected chi connectivity index (χ2v) is 7.25. The number of fused-ring (bicyclic) bond motifs is 2. The van der Waals surface area contributed by atoms with Gasteiger partial charge in [-0.15, -0.1) is 0 Å². The highest BCUT2D eigenvalue weighted by Crippen LogP contribution is 2.38. The summed E-state index contributed by atoms with van der Waals surface area (Å²) < 4.78 is 34.5. The molecule has 2 fully saturated rings. The van der Waals surface area contributed by atoms with E-state index in [2.05, 4.69) is 20.8 Å². The lowest BCUT2D eigenvalue weighted by Crippen LogP contribution is -2.45. The Hall–Kier alpha value is -3.49. The third-order valence-electron chi connectivity index (χ3n) is 5.16. The number of aliphatic carboxylic acids is 1. The fourth-order valence-corrected chi connectivity index (χ4v) is 3.80. The minimum Gasteiger partial charge on any atom is -0.480 e. The van der Waals surface area contributed by atoms with Gasteiger partial charge in [0.25, 0.3) is 0 Å². The molecule has 2 saturated heterocycles. The van der Waals surface area contributed by atoms with Gasteiger partial charge in [0, 0.05) is 6.07 Å². The van der Waals surface area contributed by atoms with E-state index in [0.29, 0.717) is 17.2 Å². The monoisotopic (exact) mass is 449 g/mol. The molecule has 5 rings (SSSR count). The Morgan fingerprint density at radius 2 is 2.00 bits per heavy atom. The molecular weight excluding hydrogens is 430 g/mol. The lowest BCUT2D eigenvalue weighted by molar-refractivity contribution is -0.143. The van der Waals surface area contributed by atoms with E-state index >= 15 is 0 Å². The number of hydrogen-bond donors (Lipinski definition) is 2. The standard InChI is InChI=1S/C18H19N5O9/c24-14(6-27-7-15(25)26)19-10-4-28-17-11(5-29-16(10)17)23-18(20-21-22-23)32-9-1-2-12-13(3-9)31-8-30-12/h1-3,10-11,16-17H,4-8H2,(H,19,24)(H,25,26). The van der Waals surface area contributed by atoms with Crippen LogP contribution in [0.25, 0.3) is 0 Å². The van der Waals surface area contributed by atoms with Gasteiger partial charge < -0.3 is 38.8 Å². The van der Waals surface area contributed by atoms with Crippen molar-refractivity contribution in [2.45, 2.75) is 24.3 Å². The number of benzene rings is 1. The van der Waals surface area contributed by atoms with Crippen LogP contribution >= 0.6 is 0 Å². The van der Waals surface area contributed by atoms with Crippen LogP contribution in [0.2, 0.25) is 0 Å². The molecule has 3 aliphatic rings. The molecule has 1 aromatic carbocycles. The van der Waals surface area contributed by atoms with Crippen molar-refractivity contribution in [1.29, 1.82) is 0 Å². The highest BCUT2D eigenvalue weighted by atomic mass is 16.7. The largest absolute Gasteiger partial charge is 0.480 e. The maximum Gasteiger partial charge on any atom is 0.341 e. The molecule has 2 N–H and O–H groups in total. The van der Waals surface area contributed by atoms with E-state index in [1.807, 2.05) is 0 Å². The first-order valence-corrected chi connectivity index (χ1v) is 9.76. The van der Waals surface area contributed by atoms with Crippen LogP contribution in [0, 0.1) is 0 Å². The smallest absolute Gasteiger partial charge is 0.341 e. The summed E-state index contributed by atoms with van der Waals surface area (Å²) >= 11 is 0. The van der Waals surface area contributed by atoms with E-state index < -0.39 is 36.7 Å². The summed E-state index contributed by atoms with van der Waals surface area (Å²) in [5.41, 5.74) is 0. The van der Waals surface area contributed by atoms with E-state index in [1.54, 1.807) is 18.2 Å². The van der Waals surface area contributed by atoms with Crippen LogP contribution in [0.3, 0.4) is 0 Å². The van der Waals surface area contributed by atoms with Crippen LogP contribution in [0.15, 0.2) is 18.2 Å². The van der Waals surface area contributed by atoms with Gasteiger partial charge >= 0.3 is 12.0 Å². The molecule has 4 atom stereocenters. The van der Waals surface area contributed by atoms with Crippen LogP contribution in [0.4, 0.5) is 0 Å². The number of nitrogens with zero attached hydrogens (tertiary/aromatic N) is 4. The van der Waals surface area contributed by atoms with Crippen molar-refractivity contribution in [3.63, 3.8) is 0 Å². The third kappa shape index (κ3) is 4.02. The summed E-state index contributed by atoms with van der Waals surface area (Å²) in [6.45, 7) is -0.300. The van der Waals surface area contributed by atoms with Crippen molar-refractivity contribution in [1.82, 2.24) is 25.5 Å². The van der Waals surface area contributed by atoms with Crippen LogP contribution < -0.4 is 19.5 Å². The molecule has 1 amide bonds. The number of rotatable bonds is 8. The first kappa shape index (κ1) is 20.4. The molecule has 2 aromatic rings. The summed E-state index contributed by atoms with van der Waals surface area (Å²) in [5.74, 6) is 0.0614. The Morgan fingerprint density at radius 1 is 1.16 bits per heavy atom. The number of hydrogen-bond acceptors (Lipinski definition) is 11. The number of amides is 1. The number of ether oxygens (including phenoxy) is 6. The lowest BCUT2D eigenvalue weighted by atomic mass is 10.1. The van der Waals surface area contributed by atoms with Crippen molar-refractivity contribution in [3.05, 3.63) is 18.2 Å². The summed E-state index contributed by atoms with van der Waals surface area (Å²) in [5, 5.41) is 23.0. The van der Waals surface area contributed by atoms with Crippen LogP contribution in [-0.2, 0) is 23.8 Å². The van der Waals surface area contributed by atoms with E-state index in [0.717, 1.165) is 0 Å². The highest BCUT2D eigenvalue weighted by molar-refractivity contribution is 5.78. The molecule has 0 spiro atoms. The SMILES string of the molecule is O=C(O)COCC(=O)NC1COC2C1OCC2n1nnnc1Oc1ccc2c(c1)OCO2. The van der Waals surface area contributed by atoms with E-state index in [-0.39, 0.29) is 38.7 Å². The predicted molar refractivity (Wildman–Crippen MR) is 99.4 cm³/mol. The van der Waals surface area contributed by atoms with Gasteiger partial charge in [-0.25, -0.2) is 4.79 Å². The van der Waals surface area contributed by atoms with Gasteiger partial charge in [-0.05, 0) is 22.6 Å². The number of carboxylic acid groups (broad SMARTS) is 1. The van der Waals surface area contributed by atoms with Gasteiger partial charge in [0.2, 0.25) is 12.7 Å². The number of aromatic nitrogens is 4. The third-order valence-corrected chi connectivity index (χ3v) is 5.16. The first-order chi connectivity index (χ1) is 15.6. The Morgan fingerprint density at radius 3 is 2.88 bits per heavy atom. The number of carbonyl (C=O) groups is 2. The minimum atomic E-state index is -1.15. The fourth-order valence-electron chi connectivity index (χ4n) is 3.80. The zero-order chi connectivity index (χ0) is 22.1. The summed E-state index contributed by atoms with van der Waals surface area (Å²) in [6.07, 6.45) is -0.839. The van der Waals surface area contributed by atoms with E-state index in [9.17, 15) is 9.59 Å². The Kier molecular flexibility index (Phi) is 5.46. The first-order valence-electron chi connectivity index (χ1n) is 9.76. The molecule has 14 heteroatoms. The summed E-state index contributed by atoms with van der Waals surface area (Å²) in [7, 11) is 0. The zero-order valence-corrected chi connectivity index (χ0v) is 16.6. The van der Waals surface area contributed by atoms with Crippen molar-refractivity contribution in [2.75, 3.05) is 33.2 Å². The minimum absolute atomic E-state index is 0.149. The molecule has 0 saturated carbocycles. The van der Waals surface area contributed by atoms with Crippen molar-refractivity contribution in [3.8, 4) is 23.3 Å². The number of carbonyl (C=O) groups excluding carboxylic acids is 1. The van der Waals surface area contributed by atoms with Crippen molar-refractivity contribution in [2.24, 2.45) is 0 Å². The normalized spacial score (nSPS) is 25.5. The molecule has 170 valence electrons. The molecule has 32 heavy (non-hydrogen) atoms. The maximum atomic E-state index is 12.0. The van der Waals surface area contributed by atoms with Gasteiger partial charge in [0.15, 0.2) is 11.5 Å². The maximum absolute atomic E-state index is 12.0. The molecule has 1 aromatic heterocycles. The van der Waals surface area contributed by atoms with Crippen molar-refractivity contribution >= 4 is 11.9 Å². The average molecular weight is 449 g/mol. The topological polar surface area (TPSA) is 165 Å². The Labute approximate surface area is 180 Å². The quantitative estimate of drug-likeness (QED) is 0.512. The number of tetrazole rings is 1. The Balaban J connectivity index is 1.22. The molecule has 4 unspecified atom stereocenters. The van der Waals surface area contributed by atoms with Crippen LogP contribution in [-0.4, -0.2) is 88.7 Å². The van der Waals surface area contributed by atoms with Gasteiger partial charge in [-0.3, -0.25) is 4.79 Å². The molecule has 0 aliphatic carbocycles. The number of nitrogens with one attached hydrogen (secondary N) is 1.